The molecule has 3 nitrogen and oxygen atoms in total. The lowest BCUT2D eigenvalue weighted by molar-refractivity contribution is 0.240. The number of amides is 2. The molecule has 0 saturated heterocycles. The van der Waals surface area contributed by atoms with Gasteiger partial charge in [-0.2, -0.15) is 0 Å². The van der Waals surface area contributed by atoms with Crippen molar-refractivity contribution < 1.29 is 4.79 Å². The van der Waals surface area contributed by atoms with E-state index in [1.54, 1.807) is 0 Å². The molecular weight excluding hydrogens is 416 g/mol. The number of nitrogens with one attached hydrogen (secondary N) is 2. The minimum atomic E-state index is 0.0258. The number of carbonyl (C=O) groups is 1. The smallest absolute Gasteiger partial charge is 0.314 e. The summed E-state index contributed by atoms with van der Waals surface area (Å²) in [5.74, 6) is 0. The second-order valence-corrected chi connectivity index (χ2v) is 10.7. The lowest BCUT2D eigenvalue weighted by Crippen LogP contribution is -2.36. The summed E-state index contributed by atoms with van der Waals surface area (Å²) in [4.78, 5) is 11.9. The summed E-state index contributed by atoms with van der Waals surface area (Å²) in [5, 5.41) is 6.04. The highest BCUT2D eigenvalue weighted by Crippen LogP contribution is 2.13. The molecule has 0 aromatic heterocycles. The van der Waals surface area contributed by atoms with E-state index in [-0.39, 0.29) is 6.03 Å². The minimum absolute atomic E-state index is 0.0258. The Morgan fingerprint density at radius 2 is 0.559 bits per heavy atom. The predicted octanol–water partition coefficient (Wildman–Crippen LogP) is 10.5. The van der Waals surface area contributed by atoms with E-state index in [2.05, 4.69) is 24.5 Å². The molecule has 2 N–H and O–H groups in total. The van der Waals surface area contributed by atoms with Crippen LogP contribution in [0.15, 0.2) is 0 Å². The number of rotatable bonds is 28. The molecule has 0 fully saturated rings. The van der Waals surface area contributed by atoms with E-state index in [1.165, 1.54) is 154 Å². The highest BCUT2D eigenvalue weighted by atomic mass is 16.2. The molecule has 0 bridgehead atoms. The quantitative estimate of drug-likeness (QED) is 0.107. The fraction of sp³-hybridized carbons (Fsp3) is 0.968. The van der Waals surface area contributed by atoms with Gasteiger partial charge in [-0.3, -0.25) is 0 Å². The molecule has 0 radical (unpaired) electrons. The van der Waals surface area contributed by atoms with Crippen LogP contribution in [0.5, 0.6) is 0 Å². The average molecular weight is 481 g/mol. The Bertz CT molecular complexity index is 352. The van der Waals surface area contributed by atoms with Gasteiger partial charge in [-0.1, -0.05) is 168 Å². The molecule has 0 heterocycles. The summed E-state index contributed by atoms with van der Waals surface area (Å²) in [5.41, 5.74) is 0. The third-order valence-corrected chi connectivity index (χ3v) is 7.13. The summed E-state index contributed by atoms with van der Waals surface area (Å²) >= 11 is 0. The largest absolute Gasteiger partial charge is 0.338 e. The zero-order valence-corrected chi connectivity index (χ0v) is 23.7. The summed E-state index contributed by atoms with van der Waals surface area (Å²) in [6.45, 7) is 6.21. The zero-order chi connectivity index (χ0) is 24.8. The molecule has 0 aliphatic heterocycles. The molecule has 0 rings (SSSR count). The Labute approximate surface area is 215 Å². The van der Waals surface area contributed by atoms with E-state index in [0.717, 1.165) is 25.9 Å². The van der Waals surface area contributed by atoms with Crippen molar-refractivity contribution in [1.82, 2.24) is 10.6 Å². The molecule has 0 saturated carbocycles. The van der Waals surface area contributed by atoms with Crippen LogP contribution in [0.25, 0.3) is 0 Å². The van der Waals surface area contributed by atoms with Gasteiger partial charge in [0.1, 0.15) is 0 Å². The standard InChI is InChI=1S/C31H64N2O/c1-3-5-7-9-11-13-15-17-19-21-23-25-27-29-32-31(34)33-30-28-26-24-22-20-18-16-14-12-10-8-6-4-2/h3-30H2,1-2H3,(H2,32,33,34). The van der Waals surface area contributed by atoms with E-state index < -0.39 is 0 Å². The van der Waals surface area contributed by atoms with Crippen LogP contribution in [0.3, 0.4) is 0 Å². The summed E-state index contributed by atoms with van der Waals surface area (Å²) in [6, 6.07) is 0.0258. The number of hydrogen-bond acceptors (Lipinski definition) is 1. The molecule has 0 atom stereocenters. The Morgan fingerprint density at radius 3 is 0.794 bits per heavy atom. The number of unbranched alkanes of at least 4 members (excludes halogenated alkanes) is 24. The summed E-state index contributed by atoms with van der Waals surface area (Å²) in [6.07, 6.45) is 35.5. The van der Waals surface area contributed by atoms with Crippen LogP contribution in [0.2, 0.25) is 0 Å². The van der Waals surface area contributed by atoms with Gasteiger partial charge in [0.15, 0.2) is 0 Å². The van der Waals surface area contributed by atoms with E-state index in [1.807, 2.05) is 0 Å². The maximum absolute atomic E-state index is 11.9. The third-order valence-electron chi connectivity index (χ3n) is 7.13. The lowest BCUT2D eigenvalue weighted by atomic mass is 10.0. The van der Waals surface area contributed by atoms with Crippen molar-refractivity contribution in [2.75, 3.05) is 13.1 Å². The second kappa shape index (κ2) is 30.3. The van der Waals surface area contributed by atoms with Crippen LogP contribution in [0.4, 0.5) is 4.79 Å². The molecule has 3 heteroatoms. The zero-order valence-electron chi connectivity index (χ0n) is 23.7. The molecular formula is C31H64N2O. The van der Waals surface area contributed by atoms with Gasteiger partial charge in [-0.15, -0.1) is 0 Å². The molecule has 0 spiro atoms. The van der Waals surface area contributed by atoms with Gasteiger partial charge in [0, 0.05) is 13.1 Å². The van der Waals surface area contributed by atoms with Crippen LogP contribution < -0.4 is 10.6 Å². The van der Waals surface area contributed by atoms with Gasteiger partial charge in [0.25, 0.3) is 0 Å². The van der Waals surface area contributed by atoms with E-state index >= 15 is 0 Å². The Kier molecular flexibility index (Phi) is 29.7. The fourth-order valence-corrected chi connectivity index (χ4v) is 4.75. The van der Waals surface area contributed by atoms with Crippen LogP contribution in [-0.4, -0.2) is 19.1 Å². The van der Waals surface area contributed by atoms with Gasteiger partial charge in [-0.25, -0.2) is 4.79 Å². The highest BCUT2D eigenvalue weighted by Gasteiger charge is 1.99. The molecule has 0 aliphatic carbocycles. The Balaban J connectivity index is 3.14. The van der Waals surface area contributed by atoms with Crippen molar-refractivity contribution in [3.8, 4) is 0 Å². The van der Waals surface area contributed by atoms with Gasteiger partial charge in [0.2, 0.25) is 0 Å². The van der Waals surface area contributed by atoms with Gasteiger partial charge < -0.3 is 10.6 Å². The first-order chi connectivity index (χ1) is 16.8. The van der Waals surface area contributed by atoms with Crippen molar-refractivity contribution in [2.45, 2.75) is 181 Å². The first-order valence-corrected chi connectivity index (χ1v) is 15.8. The van der Waals surface area contributed by atoms with Crippen molar-refractivity contribution in [3.63, 3.8) is 0 Å². The minimum Gasteiger partial charge on any atom is -0.338 e. The fourth-order valence-electron chi connectivity index (χ4n) is 4.75. The van der Waals surface area contributed by atoms with Crippen LogP contribution in [-0.2, 0) is 0 Å². The molecule has 2 amide bonds. The number of carbonyl (C=O) groups excluding carboxylic acids is 1. The first-order valence-electron chi connectivity index (χ1n) is 15.8. The lowest BCUT2D eigenvalue weighted by Gasteiger charge is -2.08. The van der Waals surface area contributed by atoms with Gasteiger partial charge in [0.05, 0.1) is 0 Å². The van der Waals surface area contributed by atoms with E-state index in [0.29, 0.717) is 0 Å². The molecule has 0 unspecified atom stereocenters. The molecule has 34 heavy (non-hydrogen) atoms. The van der Waals surface area contributed by atoms with Gasteiger partial charge >= 0.3 is 6.03 Å². The van der Waals surface area contributed by atoms with E-state index in [9.17, 15) is 4.79 Å². The summed E-state index contributed by atoms with van der Waals surface area (Å²) < 4.78 is 0. The SMILES string of the molecule is CCCCCCCCCCCCCCCNC(=O)NCCCCCCCCCCCCCCC. The number of hydrogen-bond donors (Lipinski definition) is 2. The van der Waals surface area contributed by atoms with Crippen molar-refractivity contribution >= 4 is 6.03 Å². The third kappa shape index (κ3) is 29.3. The first kappa shape index (κ1) is 33.3. The van der Waals surface area contributed by atoms with Crippen molar-refractivity contribution in [1.29, 1.82) is 0 Å². The molecule has 0 aromatic carbocycles. The van der Waals surface area contributed by atoms with Crippen LogP contribution >= 0.6 is 0 Å². The predicted molar refractivity (Wildman–Crippen MR) is 153 cm³/mol. The normalized spacial score (nSPS) is 11.1. The topological polar surface area (TPSA) is 41.1 Å². The average Bonchev–Trinajstić information content (AvgIpc) is 2.84. The summed E-state index contributed by atoms with van der Waals surface area (Å²) in [7, 11) is 0. The van der Waals surface area contributed by atoms with Crippen LogP contribution in [0, 0.1) is 0 Å². The molecule has 0 aliphatic rings. The molecule has 0 aromatic rings. The second-order valence-electron chi connectivity index (χ2n) is 10.7. The van der Waals surface area contributed by atoms with Crippen molar-refractivity contribution in [3.05, 3.63) is 0 Å². The monoisotopic (exact) mass is 481 g/mol. The number of urea groups is 1. The van der Waals surface area contributed by atoms with E-state index in [4.69, 9.17) is 0 Å². The maximum Gasteiger partial charge on any atom is 0.314 e. The van der Waals surface area contributed by atoms with Gasteiger partial charge in [-0.05, 0) is 12.8 Å². The maximum atomic E-state index is 11.9. The van der Waals surface area contributed by atoms with Crippen LogP contribution in [0.1, 0.15) is 181 Å². The Hall–Kier alpha value is -0.730. The Morgan fingerprint density at radius 1 is 0.353 bits per heavy atom. The van der Waals surface area contributed by atoms with Crippen molar-refractivity contribution in [2.24, 2.45) is 0 Å². The highest BCUT2D eigenvalue weighted by molar-refractivity contribution is 5.73. The molecule has 204 valence electrons.